The lowest BCUT2D eigenvalue weighted by atomic mass is 10.1. The van der Waals surface area contributed by atoms with Gasteiger partial charge in [0.05, 0.1) is 5.75 Å². The molecule has 2 rings (SSSR count). The van der Waals surface area contributed by atoms with E-state index >= 15 is 0 Å². The largest absolute Gasteiger partial charge is 0.354 e. The first-order valence-electron chi connectivity index (χ1n) is 7.88. The molecule has 0 spiro atoms. The maximum Gasteiger partial charge on any atom is 0.224 e. The minimum atomic E-state index is -3.17. The van der Waals surface area contributed by atoms with E-state index in [0.29, 0.717) is 45.3 Å². The van der Waals surface area contributed by atoms with Gasteiger partial charge in [-0.3, -0.25) is 4.79 Å². The first-order valence-corrected chi connectivity index (χ1v) is 9.54. The highest BCUT2D eigenvalue weighted by atomic mass is 32.2. The zero-order valence-electron chi connectivity index (χ0n) is 13.1. The lowest BCUT2D eigenvalue weighted by Gasteiger charge is -2.32. The summed E-state index contributed by atoms with van der Waals surface area (Å²) in [5.74, 6) is 0.312. The maximum atomic E-state index is 12.2. The highest BCUT2D eigenvalue weighted by molar-refractivity contribution is 7.89. The molecule has 6 nitrogen and oxygen atoms in total. The molecule has 0 bridgehead atoms. The van der Waals surface area contributed by atoms with Gasteiger partial charge < -0.3 is 9.47 Å². The number of aromatic nitrogens is 1. The van der Waals surface area contributed by atoms with Crippen LogP contribution < -0.4 is 4.72 Å². The predicted octanol–water partition coefficient (Wildman–Crippen LogP) is 1.20. The lowest BCUT2D eigenvalue weighted by molar-refractivity contribution is -0.132. The van der Waals surface area contributed by atoms with Crippen molar-refractivity contribution in [2.45, 2.75) is 45.2 Å². The number of sulfonamides is 1. The Morgan fingerprint density at radius 2 is 1.86 bits per heavy atom. The van der Waals surface area contributed by atoms with E-state index in [-0.39, 0.29) is 17.7 Å². The number of aryl methyl sites for hydroxylation is 1. The van der Waals surface area contributed by atoms with Gasteiger partial charge in [-0.05, 0) is 31.4 Å². The van der Waals surface area contributed by atoms with Crippen molar-refractivity contribution in [3.05, 3.63) is 24.5 Å². The van der Waals surface area contributed by atoms with E-state index in [9.17, 15) is 13.2 Å². The molecule has 1 fully saturated rings. The Bertz CT molecular complexity index is 561. The van der Waals surface area contributed by atoms with Crippen LogP contribution in [0, 0.1) is 0 Å². The molecule has 2 heterocycles. The van der Waals surface area contributed by atoms with Crippen molar-refractivity contribution in [2.75, 3.05) is 18.8 Å². The molecule has 22 heavy (non-hydrogen) atoms. The van der Waals surface area contributed by atoms with Gasteiger partial charge in [0.25, 0.3) is 0 Å². The number of carbonyl (C=O) groups is 1. The standard InChI is InChI=1S/C15H25N3O3S/c1-2-13-22(20,21)16-14-5-11-18(12-6-14)15(19)7-10-17-8-3-4-9-17/h3-4,8-9,14,16H,2,5-7,10-13H2,1H3. The molecule has 0 atom stereocenters. The third-order valence-electron chi connectivity index (χ3n) is 3.92. The zero-order valence-corrected chi connectivity index (χ0v) is 13.9. The minimum Gasteiger partial charge on any atom is -0.354 e. The summed E-state index contributed by atoms with van der Waals surface area (Å²) in [7, 11) is -3.17. The Balaban J connectivity index is 1.73. The number of nitrogens with zero attached hydrogens (tertiary/aromatic N) is 2. The molecule has 0 aromatic carbocycles. The van der Waals surface area contributed by atoms with Gasteiger partial charge in [0.1, 0.15) is 0 Å². The van der Waals surface area contributed by atoms with E-state index in [1.165, 1.54) is 0 Å². The van der Waals surface area contributed by atoms with Crippen molar-refractivity contribution in [2.24, 2.45) is 0 Å². The van der Waals surface area contributed by atoms with Crippen LogP contribution in [0.5, 0.6) is 0 Å². The van der Waals surface area contributed by atoms with Crippen molar-refractivity contribution in [3.8, 4) is 0 Å². The Morgan fingerprint density at radius 3 is 2.45 bits per heavy atom. The van der Waals surface area contributed by atoms with Crippen LogP contribution in [0.2, 0.25) is 0 Å². The second-order valence-electron chi connectivity index (χ2n) is 5.76. The zero-order chi connectivity index (χ0) is 16.0. The lowest BCUT2D eigenvalue weighted by Crippen LogP contribution is -2.47. The van der Waals surface area contributed by atoms with Crippen LogP contribution in [0.4, 0.5) is 0 Å². The molecule has 0 saturated carbocycles. The highest BCUT2D eigenvalue weighted by Crippen LogP contribution is 2.13. The molecule has 0 aliphatic carbocycles. The molecular formula is C15H25N3O3S. The van der Waals surface area contributed by atoms with Crippen molar-refractivity contribution < 1.29 is 13.2 Å². The first-order chi connectivity index (χ1) is 10.5. The number of nitrogens with one attached hydrogen (secondary N) is 1. The van der Waals surface area contributed by atoms with E-state index in [0.717, 1.165) is 0 Å². The molecule has 1 N–H and O–H groups in total. The average molecular weight is 327 g/mol. The molecule has 7 heteroatoms. The molecule has 1 saturated heterocycles. The number of likely N-dealkylation sites (tertiary alicyclic amines) is 1. The summed E-state index contributed by atoms with van der Waals surface area (Å²) in [6, 6.07) is 3.85. The van der Waals surface area contributed by atoms with Gasteiger partial charge in [0.2, 0.25) is 15.9 Å². The van der Waals surface area contributed by atoms with Crippen molar-refractivity contribution >= 4 is 15.9 Å². The molecule has 1 aliphatic heterocycles. The van der Waals surface area contributed by atoms with Crippen molar-refractivity contribution in [1.29, 1.82) is 0 Å². The van der Waals surface area contributed by atoms with Crippen LogP contribution in [0.25, 0.3) is 0 Å². The molecule has 1 aliphatic rings. The van der Waals surface area contributed by atoms with Gasteiger partial charge >= 0.3 is 0 Å². The van der Waals surface area contributed by atoms with E-state index in [1.807, 2.05) is 40.9 Å². The number of amides is 1. The summed E-state index contributed by atoms with van der Waals surface area (Å²) in [5, 5.41) is 0. The van der Waals surface area contributed by atoms with Crippen LogP contribution in [-0.4, -0.2) is 48.7 Å². The average Bonchev–Trinajstić information content (AvgIpc) is 2.98. The number of rotatable bonds is 7. The van der Waals surface area contributed by atoms with E-state index in [4.69, 9.17) is 0 Å². The monoisotopic (exact) mass is 327 g/mol. The summed E-state index contributed by atoms with van der Waals surface area (Å²) >= 11 is 0. The van der Waals surface area contributed by atoms with E-state index in [2.05, 4.69) is 4.72 Å². The number of hydrogen-bond donors (Lipinski definition) is 1. The molecular weight excluding hydrogens is 302 g/mol. The van der Waals surface area contributed by atoms with E-state index in [1.54, 1.807) is 0 Å². The Labute approximate surface area is 132 Å². The molecule has 1 aromatic heterocycles. The SMILES string of the molecule is CCCS(=O)(=O)NC1CCN(C(=O)CCn2cccc2)CC1. The van der Waals surface area contributed by atoms with Gasteiger partial charge in [0, 0.05) is 44.5 Å². The Kier molecular flexibility index (Phi) is 6.02. The van der Waals surface area contributed by atoms with E-state index < -0.39 is 10.0 Å². The normalized spacial score (nSPS) is 16.9. The maximum absolute atomic E-state index is 12.2. The van der Waals surface area contributed by atoms with Crippen LogP contribution >= 0.6 is 0 Å². The first kappa shape index (κ1) is 17.0. The summed E-state index contributed by atoms with van der Waals surface area (Å²) < 4.78 is 28.2. The van der Waals surface area contributed by atoms with Gasteiger partial charge in [-0.15, -0.1) is 0 Å². The fraction of sp³-hybridized carbons (Fsp3) is 0.667. The summed E-state index contributed by atoms with van der Waals surface area (Å²) in [4.78, 5) is 14.0. The topological polar surface area (TPSA) is 71.4 Å². The number of carbonyl (C=O) groups excluding carboxylic acids is 1. The molecule has 124 valence electrons. The summed E-state index contributed by atoms with van der Waals surface area (Å²) in [5.41, 5.74) is 0. The van der Waals surface area contributed by atoms with Crippen molar-refractivity contribution in [3.63, 3.8) is 0 Å². The van der Waals surface area contributed by atoms with Gasteiger partial charge in [0.15, 0.2) is 0 Å². The Hall–Kier alpha value is -1.34. The highest BCUT2D eigenvalue weighted by Gasteiger charge is 2.25. The fourth-order valence-electron chi connectivity index (χ4n) is 2.73. The van der Waals surface area contributed by atoms with Crippen LogP contribution in [-0.2, 0) is 21.4 Å². The number of hydrogen-bond acceptors (Lipinski definition) is 3. The van der Waals surface area contributed by atoms with Crippen molar-refractivity contribution in [1.82, 2.24) is 14.2 Å². The van der Waals surface area contributed by atoms with Gasteiger partial charge in [-0.1, -0.05) is 6.92 Å². The summed E-state index contributed by atoms with van der Waals surface area (Å²) in [6.07, 6.45) is 6.38. The number of piperidine rings is 1. The fourth-order valence-corrected chi connectivity index (χ4v) is 4.13. The quantitative estimate of drug-likeness (QED) is 0.818. The second kappa shape index (κ2) is 7.78. The smallest absolute Gasteiger partial charge is 0.224 e. The predicted molar refractivity (Wildman–Crippen MR) is 85.9 cm³/mol. The summed E-state index contributed by atoms with van der Waals surface area (Å²) in [6.45, 7) is 3.80. The van der Waals surface area contributed by atoms with Gasteiger partial charge in [-0.2, -0.15) is 0 Å². The molecule has 1 aromatic rings. The van der Waals surface area contributed by atoms with Crippen LogP contribution in [0.3, 0.4) is 0 Å². The molecule has 1 amide bonds. The third-order valence-corrected chi connectivity index (χ3v) is 5.55. The Morgan fingerprint density at radius 1 is 1.23 bits per heavy atom. The molecule has 0 radical (unpaired) electrons. The molecule has 0 unspecified atom stereocenters. The third kappa shape index (κ3) is 5.14. The van der Waals surface area contributed by atoms with Crippen LogP contribution in [0.15, 0.2) is 24.5 Å². The second-order valence-corrected chi connectivity index (χ2v) is 7.64. The van der Waals surface area contributed by atoms with Gasteiger partial charge in [-0.25, -0.2) is 13.1 Å². The van der Waals surface area contributed by atoms with Crippen LogP contribution in [0.1, 0.15) is 32.6 Å². The minimum absolute atomic E-state index is 0.0370.